The number of aryl methyl sites for hydroxylation is 2. The van der Waals surface area contributed by atoms with E-state index >= 15 is 0 Å². The number of hydrogen-bond donors (Lipinski definition) is 2. The van der Waals surface area contributed by atoms with Gasteiger partial charge in [-0.3, -0.25) is 4.79 Å². The van der Waals surface area contributed by atoms with Crippen LogP contribution in [-0.2, 0) is 21.1 Å². The molecule has 0 saturated carbocycles. The van der Waals surface area contributed by atoms with Gasteiger partial charge in [0.2, 0.25) is 0 Å². The van der Waals surface area contributed by atoms with Crippen molar-refractivity contribution < 1.29 is 13.2 Å². The van der Waals surface area contributed by atoms with Gasteiger partial charge in [-0.1, -0.05) is 25.1 Å². The first-order valence-electron chi connectivity index (χ1n) is 7.83. The number of nitriles is 1. The van der Waals surface area contributed by atoms with Crippen molar-refractivity contribution in [2.45, 2.75) is 32.7 Å². The van der Waals surface area contributed by atoms with Crippen molar-refractivity contribution in [2.75, 3.05) is 16.8 Å². The van der Waals surface area contributed by atoms with Crippen LogP contribution in [0.4, 0.5) is 5.69 Å². The number of nitrogens with zero attached hydrogens (tertiary/aromatic N) is 1. The van der Waals surface area contributed by atoms with Crippen LogP contribution in [0.15, 0.2) is 30.0 Å². The summed E-state index contributed by atoms with van der Waals surface area (Å²) in [5.74, 6) is -0.341. The molecule has 1 fully saturated rings. The lowest BCUT2D eigenvalue weighted by Gasteiger charge is -2.13. The van der Waals surface area contributed by atoms with Gasteiger partial charge < -0.3 is 10.6 Å². The molecule has 0 aromatic heterocycles. The van der Waals surface area contributed by atoms with Crippen LogP contribution < -0.4 is 10.6 Å². The lowest BCUT2D eigenvalue weighted by Crippen LogP contribution is -2.27. The molecule has 1 saturated heterocycles. The molecule has 0 aliphatic carbocycles. The SMILES string of the molecule is CCc1cccc(C)c1NC(=O)/C(C#N)=C\NC1CCS(=O)(=O)C1. The van der Waals surface area contributed by atoms with Gasteiger partial charge in [-0.2, -0.15) is 5.26 Å². The zero-order valence-corrected chi connectivity index (χ0v) is 14.6. The van der Waals surface area contributed by atoms with Gasteiger partial charge >= 0.3 is 0 Å². The fourth-order valence-electron chi connectivity index (χ4n) is 2.66. The number of sulfone groups is 1. The largest absolute Gasteiger partial charge is 0.386 e. The smallest absolute Gasteiger partial charge is 0.267 e. The number of nitrogens with one attached hydrogen (secondary N) is 2. The zero-order valence-electron chi connectivity index (χ0n) is 13.8. The standard InChI is InChI=1S/C17H21N3O3S/c1-3-13-6-4-5-12(2)16(13)20-17(21)14(9-18)10-19-15-7-8-24(22,23)11-15/h4-6,10,15,19H,3,7-8,11H2,1-2H3,(H,20,21)/b14-10-. The molecule has 2 N–H and O–H groups in total. The zero-order chi connectivity index (χ0) is 17.7. The Balaban J connectivity index is 2.10. The van der Waals surface area contributed by atoms with E-state index in [0.29, 0.717) is 6.42 Å². The molecule has 1 unspecified atom stereocenters. The van der Waals surface area contributed by atoms with Gasteiger partial charge in [0, 0.05) is 17.9 Å². The quantitative estimate of drug-likeness (QED) is 0.624. The molecule has 24 heavy (non-hydrogen) atoms. The Bertz CT molecular complexity index is 807. The Labute approximate surface area is 142 Å². The van der Waals surface area contributed by atoms with Crippen molar-refractivity contribution >= 4 is 21.4 Å². The van der Waals surface area contributed by atoms with Crippen LogP contribution in [0.1, 0.15) is 24.5 Å². The third-order valence-corrected chi connectivity index (χ3v) is 5.81. The van der Waals surface area contributed by atoms with Gasteiger partial charge in [0.1, 0.15) is 11.6 Å². The summed E-state index contributed by atoms with van der Waals surface area (Å²) in [5.41, 5.74) is 2.56. The summed E-state index contributed by atoms with van der Waals surface area (Å²) in [6.45, 7) is 3.89. The maximum atomic E-state index is 12.3. The third kappa shape index (κ3) is 4.36. The molecule has 2 rings (SSSR count). The van der Waals surface area contributed by atoms with E-state index in [1.54, 1.807) is 0 Å². The fourth-order valence-corrected chi connectivity index (χ4v) is 4.35. The second-order valence-electron chi connectivity index (χ2n) is 5.85. The predicted molar refractivity (Wildman–Crippen MR) is 93.1 cm³/mol. The Morgan fingerprint density at radius 3 is 2.79 bits per heavy atom. The highest BCUT2D eigenvalue weighted by Gasteiger charge is 2.27. The Morgan fingerprint density at radius 2 is 2.21 bits per heavy atom. The summed E-state index contributed by atoms with van der Waals surface area (Å²) < 4.78 is 22.9. The average Bonchev–Trinajstić information content (AvgIpc) is 2.89. The first kappa shape index (κ1) is 18.0. The molecule has 1 aliphatic heterocycles. The van der Waals surface area contributed by atoms with Gasteiger partial charge in [-0.15, -0.1) is 0 Å². The Hall–Kier alpha value is -2.33. The number of hydrogen-bond acceptors (Lipinski definition) is 5. The molecule has 1 aliphatic rings. The van der Waals surface area contributed by atoms with E-state index in [0.717, 1.165) is 23.2 Å². The van der Waals surface area contributed by atoms with E-state index < -0.39 is 15.7 Å². The van der Waals surface area contributed by atoms with E-state index in [9.17, 15) is 18.5 Å². The molecule has 0 spiro atoms. The molecule has 1 atom stereocenters. The van der Waals surface area contributed by atoms with Crippen molar-refractivity contribution in [3.8, 4) is 6.07 Å². The summed E-state index contributed by atoms with van der Waals surface area (Å²) in [4.78, 5) is 12.3. The topological polar surface area (TPSA) is 99.1 Å². The lowest BCUT2D eigenvalue weighted by atomic mass is 10.1. The summed E-state index contributed by atoms with van der Waals surface area (Å²) in [6, 6.07) is 7.36. The molecule has 0 radical (unpaired) electrons. The Kier molecular flexibility index (Phi) is 5.62. The maximum absolute atomic E-state index is 12.3. The van der Waals surface area contributed by atoms with Crippen LogP contribution >= 0.6 is 0 Å². The number of amides is 1. The van der Waals surface area contributed by atoms with Crippen LogP contribution in [0.2, 0.25) is 0 Å². The molecule has 1 aromatic carbocycles. The summed E-state index contributed by atoms with van der Waals surface area (Å²) in [5, 5.41) is 14.9. The number of benzene rings is 1. The minimum atomic E-state index is -3.01. The molecule has 1 heterocycles. The molecule has 7 heteroatoms. The number of carbonyl (C=O) groups is 1. The van der Waals surface area contributed by atoms with Gasteiger partial charge in [-0.25, -0.2) is 8.42 Å². The number of rotatable bonds is 5. The highest BCUT2D eigenvalue weighted by molar-refractivity contribution is 7.91. The first-order valence-corrected chi connectivity index (χ1v) is 9.65. The van der Waals surface area contributed by atoms with E-state index in [1.807, 2.05) is 38.1 Å². The van der Waals surface area contributed by atoms with Gasteiger partial charge in [0.05, 0.1) is 11.5 Å². The van der Waals surface area contributed by atoms with E-state index in [4.69, 9.17) is 0 Å². The van der Waals surface area contributed by atoms with E-state index in [2.05, 4.69) is 10.6 Å². The number of anilines is 1. The molecular weight excluding hydrogens is 326 g/mol. The summed E-state index contributed by atoms with van der Waals surface area (Å²) in [6.07, 6.45) is 2.56. The van der Waals surface area contributed by atoms with Crippen LogP contribution in [0.25, 0.3) is 0 Å². The Morgan fingerprint density at radius 1 is 1.46 bits per heavy atom. The summed E-state index contributed by atoms with van der Waals surface area (Å²) in [7, 11) is -3.01. The van der Waals surface area contributed by atoms with Crippen LogP contribution in [0, 0.1) is 18.3 Å². The minimum Gasteiger partial charge on any atom is -0.386 e. The van der Waals surface area contributed by atoms with Crippen LogP contribution in [0.3, 0.4) is 0 Å². The molecule has 0 bridgehead atoms. The van der Waals surface area contributed by atoms with Gasteiger partial charge in [-0.05, 0) is 30.9 Å². The van der Waals surface area contributed by atoms with Crippen molar-refractivity contribution in [1.82, 2.24) is 5.32 Å². The van der Waals surface area contributed by atoms with Crippen LogP contribution in [-0.4, -0.2) is 31.9 Å². The second kappa shape index (κ2) is 7.49. The minimum absolute atomic E-state index is 0.0294. The van der Waals surface area contributed by atoms with Crippen molar-refractivity contribution in [3.63, 3.8) is 0 Å². The number of carbonyl (C=O) groups excluding carboxylic acids is 1. The van der Waals surface area contributed by atoms with E-state index in [1.165, 1.54) is 6.20 Å². The molecule has 1 aromatic rings. The van der Waals surface area contributed by atoms with Gasteiger partial charge in [0.25, 0.3) is 5.91 Å². The van der Waals surface area contributed by atoms with Crippen molar-refractivity contribution in [3.05, 3.63) is 41.1 Å². The molecule has 6 nitrogen and oxygen atoms in total. The molecule has 1 amide bonds. The fraction of sp³-hybridized carbons (Fsp3) is 0.412. The lowest BCUT2D eigenvalue weighted by molar-refractivity contribution is -0.112. The van der Waals surface area contributed by atoms with E-state index in [-0.39, 0.29) is 23.1 Å². The van der Waals surface area contributed by atoms with Crippen molar-refractivity contribution in [2.24, 2.45) is 0 Å². The van der Waals surface area contributed by atoms with Crippen LogP contribution in [0.5, 0.6) is 0 Å². The maximum Gasteiger partial charge on any atom is 0.267 e. The monoisotopic (exact) mass is 347 g/mol. The molecular formula is C17H21N3O3S. The van der Waals surface area contributed by atoms with Gasteiger partial charge in [0.15, 0.2) is 9.84 Å². The predicted octanol–water partition coefficient (Wildman–Crippen LogP) is 1.68. The number of para-hydroxylation sites is 1. The highest BCUT2D eigenvalue weighted by Crippen LogP contribution is 2.21. The normalized spacial score (nSPS) is 19.5. The first-order chi connectivity index (χ1) is 11.4. The second-order valence-corrected chi connectivity index (χ2v) is 8.08. The third-order valence-electron chi connectivity index (χ3n) is 4.04. The van der Waals surface area contributed by atoms with Crippen molar-refractivity contribution in [1.29, 1.82) is 5.26 Å². The highest BCUT2D eigenvalue weighted by atomic mass is 32.2. The average molecular weight is 347 g/mol. The summed E-state index contributed by atoms with van der Waals surface area (Å²) >= 11 is 0. The molecule has 128 valence electrons.